The van der Waals surface area contributed by atoms with Crippen LogP contribution in [0.15, 0.2) is 12.1 Å². The standard InChI is InChI=1S/C7H6Cl2O.ClH/c1-4-2-5(8)7(9)6(10)3-4;/h2-3,10H,1H3;1H. The lowest BCUT2D eigenvalue weighted by Gasteiger charge is -1.99. The normalized spacial score (nSPS) is 9.00. The van der Waals surface area contributed by atoms with Gasteiger partial charge in [0, 0.05) is 0 Å². The highest BCUT2D eigenvalue weighted by Crippen LogP contribution is 2.31. The third-order valence-electron chi connectivity index (χ3n) is 1.15. The van der Waals surface area contributed by atoms with E-state index in [2.05, 4.69) is 0 Å². The minimum absolute atomic E-state index is 0. The Morgan fingerprint density at radius 1 is 1.27 bits per heavy atom. The summed E-state index contributed by atoms with van der Waals surface area (Å²) in [4.78, 5) is 0. The Hall–Kier alpha value is -0.110. The van der Waals surface area contributed by atoms with Crippen LogP contribution in [-0.4, -0.2) is 5.11 Å². The summed E-state index contributed by atoms with van der Waals surface area (Å²) < 4.78 is 0. The van der Waals surface area contributed by atoms with Gasteiger partial charge in [0.2, 0.25) is 0 Å². The van der Waals surface area contributed by atoms with Crippen molar-refractivity contribution >= 4 is 35.6 Å². The molecule has 1 rings (SSSR count). The van der Waals surface area contributed by atoms with E-state index in [9.17, 15) is 0 Å². The molecular formula is C7H7Cl3O. The van der Waals surface area contributed by atoms with Crippen molar-refractivity contribution in [2.75, 3.05) is 0 Å². The molecule has 4 heteroatoms. The van der Waals surface area contributed by atoms with E-state index < -0.39 is 0 Å². The molecule has 0 aliphatic heterocycles. The van der Waals surface area contributed by atoms with Crippen LogP contribution in [0, 0.1) is 6.92 Å². The molecule has 0 amide bonds. The molecule has 1 N–H and O–H groups in total. The predicted molar refractivity (Wildman–Crippen MR) is 50.1 cm³/mol. The molecule has 0 spiro atoms. The van der Waals surface area contributed by atoms with Crippen molar-refractivity contribution in [2.45, 2.75) is 6.92 Å². The summed E-state index contributed by atoms with van der Waals surface area (Å²) in [5, 5.41) is 9.67. The lowest BCUT2D eigenvalue weighted by atomic mass is 10.2. The van der Waals surface area contributed by atoms with Gasteiger partial charge < -0.3 is 5.11 Å². The van der Waals surface area contributed by atoms with Crippen molar-refractivity contribution in [3.63, 3.8) is 0 Å². The average Bonchev–Trinajstić information content (AvgIpc) is 1.82. The second-order valence-corrected chi connectivity index (χ2v) is 2.87. The summed E-state index contributed by atoms with van der Waals surface area (Å²) >= 11 is 11.2. The molecule has 0 radical (unpaired) electrons. The number of halogens is 3. The van der Waals surface area contributed by atoms with Gasteiger partial charge in [-0.2, -0.15) is 0 Å². The third kappa shape index (κ3) is 2.44. The maximum atomic E-state index is 9.06. The zero-order valence-corrected chi connectivity index (χ0v) is 8.09. The molecule has 0 unspecified atom stereocenters. The predicted octanol–water partition coefficient (Wildman–Crippen LogP) is 3.43. The molecule has 0 aliphatic carbocycles. The van der Waals surface area contributed by atoms with Crippen LogP contribution >= 0.6 is 35.6 Å². The van der Waals surface area contributed by atoms with Crippen LogP contribution in [0.4, 0.5) is 0 Å². The largest absolute Gasteiger partial charge is 0.506 e. The van der Waals surface area contributed by atoms with Crippen LogP contribution < -0.4 is 0 Å². The maximum absolute atomic E-state index is 9.06. The van der Waals surface area contributed by atoms with Crippen LogP contribution in [0.1, 0.15) is 5.56 Å². The number of hydrogen-bond donors (Lipinski definition) is 1. The van der Waals surface area contributed by atoms with E-state index in [1.165, 1.54) is 0 Å². The first-order chi connectivity index (χ1) is 4.61. The summed E-state index contributed by atoms with van der Waals surface area (Å²) in [6, 6.07) is 3.26. The third-order valence-corrected chi connectivity index (χ3v) is 1.95. The monoisotopic (exact) mass is 212 g/mol. The molecule has 0 heterocycles. The zero-order chi connectivity index (χ0) is 7.72. The molecule has 0 fully saturated rings. The lowest BCUT2D eigenvalue weighted by Crippen LogP contribution is -1.74. The van der Waals surface area contributed by atoms with E-state index in [0.29, 0.717) is 5.02 Å². The fourth-order valence-electron chi connectivity index (χ4n) is 0.706. The number of phenolic OH excluding ortho intramolecular Hbond substituents is 1. The van der Waals surface area contributed by atoms with Gasteiger partial charge in [0.1, 0.15) is 10.8 Å². The molecule has 1 aromatic carbocycles. The summed E-state index contributed by atoms with van der Waals surface area (Å²) in [7, 11) is 0. The maximum Gasteiger partial charge on any atom is 0.135 e. The van der Waals surface area contributed by atoms with Crippen molar-refractivity contribution in [2.24, 2.45) is 0 Å². The van der Waals surface area contributed by atoms with Crippen molar-refractivity contribution < 1.29 is 5.11 Å². The number of aryl methyl sites for hydroxylation is 1. The van der Waals surface area contributed by atoms with Crippen molar-refractivity contribution in [3.8, 4) is 5.75 Å². The van der Waals surface area contributed by atoms with E-state index in [4.69, 9.17) is 28.3 Å². The Morgan fingerprint density at radius 3 is 2.27 bits per heavy atom. The highest BCUT2D eigenvalue weighted by atomic mass is 35.5. The van der Waals surface area contributed by atoms with Gasteiger partial charge in [0.25, 0.3) is 0 Å². The fourth-order valence-corrected chi connectivity index (χ4v) is 1.08. The number of rotatable bonds is 0. The van der Waals surface area contributed by atoms with Gasteiger partial charge in [-0.25, -0.2) is 0 Å². The molecule has 1 nitrogen and oxygen atoms in total. The summed E-state index contributed by atoms with van der Waals surface area (Å²) in [6.45, 7) is 1.84. The van der Waals surface area contributed by atoms with Gasteiger partial charge in [0.15, 0.2) is 0 Å². The second kappa shape index (κ2) is 4.05. The molecular weight excluding hydrogens is 206 g/mol. The van der Waals surface area contributed by atoms with E-state index in [1.54, 1.807) is 12.1 Å². The molecule has 0 bridgehead atoms. The number of phenols is 1. The van der Waals surface area contributed by atoms with Crippen LogP contribution in [0.2, 0.25) is 10.0 Å². The first-order valence-electron chi connectivity index (χ1n) is 2.76. The van der Waals surface area contributed by atoms with E-state index in [1.807, 2.05) is 6.92 Å². The van der Waals surface area contributed by atoms with Crippen molar-refractivity contribution in [3.05, 3.63) is 27.7 Å². The van der Waals surface area contributed by atoms with Crippen LogP contribution in [0.3, 0.4) is 0 Å². The van der Waals surface area contributed by atoms with Gasteiger partial charge in [-0.15, -0.1) is 12.4 Å². The summed E-state index contributed by atoms with van der Waals surface area (Å²) in [5.41, 5.74) is 0.895. The Bertz CT molecular complexity index is 237. The van der Waals surface area contributed by atoms with Crippen molar-refractivity contribution in [1.29, 1.82) is 0 Å². The molecule has 0 atom stereocenters. The number of aromatic hydroxyl groups is 1. The Morgan fingerprint density at radius 2 is 1.82 bits per heavy atom. The molecule has 0 saturated carbocycles. The highest BCUT2D eigenvalue weighted by Gasteiger charge is 2.02. The molecule has 0 saturated heterocycles. The Labute approximate surface area is 81.4 Å². The Balaban J connectivity index is 0.000001000. The minimum Gasteiger partial charge on any atom is -0.506 e. The summed E-state index contributed by atoms with van der Waals surface area (Å²) in [5.74, 6) is 0.0340. The van der Waals surface area contributed by atoms with Crippen LogP contribution in [0.5, 0.6) is 5.75 Å². The minimum atomic E-state index is 0. The van der Waals surface area contributed by atoms with E-state index in [-0.39, 0.29) is 23.2 Å². The average molecular weight is 213 g/mol. The SMILES string of the molecule is Cc1cc(O)c(Cl)c(Cl)c1.Cl. The molecule has 1 aromatic rings. The summed E-state index contributed by atoms with van der Waals surface area (Å²) in [6.07, 6.45) is 0. The zero-order valence-electron chi connectivity index (χ0n) is 5.77. The number of benzene rings is 1. The van der Waals surface area contributed by atoms with Crippen molar-refractivity contribution in [1.82, 2.24) is 0 Å². The highest BCUT2D eigenvalue weighted by molar-refractivity contribution is 6.42. The molecule has 0 aromatic heterocycles. The van der Waals surface area contributed by atoms with Gasteiger partial charge >= 0.3 is 0 Å². The first-order valence-corrected chi connectivity index (χ1v) is 3.51. The van der Waals surface area contributed by atoms with Gasteiger partial charge in [-0.1, -0.05) is 23.2 Å². The topological polar surface area (TPSA) is 20.2 Å². The quantitative estimate of drug-likeness (QED) is 0.700. The van der Waals surface area contributed by atoms with Gasteiger partial charge in [-0.05, 0) is 24.6 Å². The van der Waals surface area contributed by atoms with Crippen LogP contribution in [-0.2, 0) is 0 Å². The smallest absolute Gasteiger partial charge is 0.135 e. The van der Waals surface area contributed by atoms with E-state index in [0.717, 1.165) is 5.56 Å². The second-order valence-electron chi connectivity index (χ2n) is 2.08. The van der Waals surface area contributed by atoms with Crippen LogP contribution in [0.25, 0.3) is 0 Å². The fraction of sp³-hybridized carbons (Fsp3) is 0.143. The van der Waals surface area contributed by atoms with E-state index >= 15 is 0 Å². The van der Waals surface area contributed by atoms with Gasteiger partial charge in [0.05, 0.1) is 5.02 Å². The Kier molecular flexibility index (Phi) is 4.01. The first kappa shape index (κ1) is 10.9. The molecule has 0 aliphatic rings. The lowest BCUT2D eigenvalue weighted by molar-refractivity contribution is 0.475. The number of hydrogen-bond acceptors (Lipinski definition) is 1. The van der Waals surface area contributed by atoms with Gasteiger partial charge in [-0.3, -0.25) is 0 Å². The molecule has 11 heavy (non-hydrogen) atoms. The molecule has 62 valence electrons.